The summed E-state index contributed by atoms with van der Waals surface area (Å²) < 4.78 is 295. The van der Waals surface area contributed by atoms with Crippen LogP contribution in [0.2, 0.25) is 0 Å². The van der Waals surface area contributed by atoms with Crippen LogP contribution in [0, 0.1) is 91.2 Å². The number of phosphoric ester groups is 4. The van der Waals surface area contributed by atoms with E-state index in [0.29, 0.717) is 9.13 Å². The van der Waals surface area contributed by atoms with E-state index in [1.807, 2.05) is 0 Å². The molecule has 0 spiro atoms. The summed E-state index contributed by atoms with van der Waals surface area (Å²) in [7, 11) is -18.7. The van der Waals surface area contributed by atoms with Crippen LogP contribution in [0.25, 0.3) is 0 Å². The number of halogens is 8. The Kier molecular flexibility index (Phi) is 25.5. The fourth-order valence-corrected chi connectivity index (χ4v) is 17.4. The number of ether oxygens (including phenoxy) is 4. The maximum absolute atomic E-state index is 15.9. The van der Waals surface area contributed by atoms with Crippen LogP contribution in [0.3, 0.4) is 0 Å². The van der Waals surface area contributed by atoms with Gasteiger partial charge < -0.3 is 77.9 Å². The summed E-state index contributed by atoms with van der Waals surface area (Å²) in [5.74, 6) is -8.71. The molecule has 128 heavy (non-hydrogen) atoms. The highest BCUT2D eigenvalue weighted by Crippen LogP contribution is 2.60. The van der Waals surface area contributed by atoms with Crippen LogP contribution >= 0.6 is 80.2 Å². The number of hydrogen-bond acceptors (Lipinski definition) is 36. The minimum atomic E-state index is -4.95. The first kappa shape index (κ1) is 87.6. The predicted octanol–water partition coefficient (Wildman–Crippen LogP) is 6.71. The first-order valence-electron chi connectivity index (χ1n) is 38.3. The fraction of sp³-hybridized carbons (Fsp3) is 0.333. The molecule has 0 aliphatic carbocycles. The Morgan fingerprint density at radius 1 is 0.406 bits per heavy atom. The number of alkyl halides is 4. The van der Waals surface area contributed by atoms with E-state index >= 15 is 17.6 Å². The molecular formula is C72H60F8N8O32P4S4. The van der Waals surface area contributed by atoms with Crippen LogP contribution < -0.4 is 40.9 Å². The monoisotopic (exact) mass is 1960 g/mol. The van der Waals surface area contributed by atoms with E-state index in [0.717, 1.165) is 90.0 Å². The number of nitrogens with one attached hydrogen (secondary N) is 4. The molecular weight excluding hydrogens is 1890 g/mol. The maximum Gasteiger partial charge on any atom is 0.530 e. The molecule has 4 saturated heterocycles. The van der Waals surface area contributed by atoms with Crippen molar-refractivity contribution in [2.45, 2.75) is 124 Å². The Morgan fingerprint density at radius 3 is 0.961 bits per heavy atom. The number of fused-ring (bicyclic) bond motifs is 4. The lowest BCUT2D eigenvalue weighted by Gasteiger charge is -2.28. The van der Waals surface area contributed by atoms with Gasteiger partial charge >= 0.3 is 54.0 Å². The third kappa shape index (κ3) is 20.0. The van der Waals surface area contributed by atoms with Gasteiger partial charge in [0.05, 0.1) is 56.9 Å². The van der Waals surface area contributed by atoms with E-state index in [9.17, 15) is 95.9 Å². The standard InChI is InChI=1S/4C18H15F2N2O8PS/c4*1-2-9-6-22(17(25)21-15(9)32)16-13(23)14(24)18(20,29-16)8-28-31(26)27-7-10-5-11(19)3-4-12(10)30-31/h4*1,3-6,13-14,16,23-24H,7-8H2,(H,21,25,32)/t4*13-,14+,16-,18-,31?/m1111/s1/i8D2,16D;16D;8D2;. The Hall–Kier alpha value is -9.72. The SMILES string of the molecule is C#Cc1cn([C@@H]2O[C@](F)(COP3(=O)OCc4cc(F)ccc4O3)[C@@H](O)[C@H]2O)c(=O)[nH]c1=S.[2H]C([2H])(OP1(=O)OCc2cc(F)ccc2O1)[C@@]1(F)O[C@@H](n2cc(C#C)c(=S)[nH]c2=O)[C@H](O)[C@@H]1O.[2H]C([2H])(OP1(=O)OCc2cc(F)ccc2O1)[C@@]1(F)O[C@@]([2H])(n2cc(C#C)c(=S)[nH]c2=O)[C@H](O)[C@@H]1O.[2H][C@@]1(n2cc(C#C)c(=S)[nH]c2=O)O[C@](F)(COP2(=O)OCc3cc(F)ccc3O2)[C@@H](O)[C@H]1O. The van der Waals surface area contributed by atoms with Crippen molar-refractivity contribution >= 4 is 80.2 Å². The van der Waals surface area contributed by atoms with Gasteiger partial charge in [0.1, 0.15) is 140 Å². The average Bonchev–Trinajstić information content (AvgIpc) is 1.56. The summed E-state index contributed by atoms with van der Waals surface area (Å²) in [5.41, 5.74) is -3.71. The summed E-state index contributed by atoms with van der Waals surface area (Å²) in [6.07, 6.45) is -4.32. The first-order valence-corrected chi connectivity index (χ1v) is 42.8. The van der Waals surface area contributed by atoms with E-state index < -0.39 is 214 Å². The minimum absolute atomic E-state index is 0.00704. The number of benzene rings is 4. The number of aromatic nitrogens is 8. The molecule has 4 aromatic carbocycles. The molecule has 4 aromatic heterocycles. The van der Waals surface area contributed by atoms with Crippen LogP contribution in [0.4, 0.5) is 35.1 Å². The van der Waals surface area contributed by atoms with Gasteiger partial charge in [0, 0.05) is 47.0 Å². The van der Waals surface area contributed by atoms with Gasteiger partial charge in [-0.2, -0.15) is 0 Å². The lowest BCUT2D eigenvalue weighted by Crippen LogP contribution is -2.43. The summed E-state index contributed by atoms with van der Waals surface area (Å²) in [6, 6.07) is 12.7. The smallest absolute Gasteiger partial charge is 0.404 e. The van der Waals surface area contributed by atoms with Crippen molar-refractivity contribution in [3.63, 3.8) is 0 Å². The number of nitrogens with zero attached hydrogens (tertiary/aromatic N) is 4. The van der Waals surface area contributed by atoms with Crippen molar-refractivity contribution in [2.75, 3.05) is 26.3 Å². The molecule has 56 heteroatoms. The lowest BCUT2D eigenvalue weighted by atomic mass is 10.1. The van der Waals surface area contributed by atoms with Crippen LogP contribution in [-0.4, -0.2) is 178 Å². The van der Waals surface area contributed by atoms with Crippen molar-refractivity contribution in [3.8, 4) is 72.4 Å². The number of phosphoric acid groups is 4. The number of H-pyrrole nitrogens is 4. The van der Waals surface area contributed by atoms with Crippen LogP contribution in [-0.2, 0) is 99.8 Å². The normalized spacial score (nSPS) is 33.6. The zero-order valence-corrected chi connectivity index (χ0v) is 70.0. The Balaban J connectivity index is 0.000000152. The molecule has 12 N–H and O–H groups in total. The number of aliphatic hydroxyl groups excluding tert-OH is 8. The zero-order valence-electron chi connectivity index (χ0n) is 69.2. The van der Waals surface area contributed by atoms with Crippen LogP contribution in [0.15, 0.2) is 117 Å². The molecule has 4 unspecified atom stereocenters. The minimum Gasteiger partial charge on any atom is -0.404 e. The van der Waals surface area contributed by atoms with Gasteiger partial charge in [-0.3, -0.25) is 74.4 Å². The van der Waals surface area contributed by atoms with E-state index in [-0.39, 0.29) is 104 Å². The van der Waals surface area contributed by atoms with Gasteiger partial charge in [0.2, 0.25) is 0 Å². The largest absolute Gasteiger partial charge is 0.530 e. The number of aromatic amines is 4. The summed E-state index contributed by atoms with van der Waals surface area (Å²) in [5, 5.41) is 82.4. The molecule has 0 saturated carbocycles. The van der Waals surface area contributed by atoms with E-state index in [4.69, 9.17) is 147 Å². The number of aliphatic hydroxyl groups is 8. The molecule has 8 aliphatic rings. The topological polar surface area (TPSA) is 529 Å². The van der Waals surface area contributed by atoms with Gasteiger partial charge in [-0.05, 0) is 72.8 Å². The number of hydrogen-bond donors (Lipinski definition) is 12. The second-order valence-corrected chi connectivity index (χ2v) is 34.8. The maximum atomic E-state index is 15.9. The molecule has 0 radical (unpaired) electrons. The second kappa shape index (κ2) is 37.3. The van der Waals surface area contributed by atoms with Gasteiger partial charge in [-0.15, -0.1) is 25.7 Å². The molecule has 0 amide bonds. The highest BCUT2D eigenvalue weighted by Gasteiger charge is 2.62. The van der Waals surface area contributed by atoms with Crippen molar-refractivity contribution in [1.29, 1.82) is 0 Å². The summed E-state index contributed by atoms with van der Waals surface area (Å²) in [6.45, 7) is -12.0. The third-order valence-electron chi connectivity index (χ3n) is 18.5. The Morgan fingerprint density at radius 2 is 0.648 bits per heavy atom. The van der Waals surface area contributed by atoms with Crippen LogP contribution in [0.5, 0.6) is 23.0 Å². The van der Waals surface area contributed by atoms with Gasteiger partial charge in [-0.1, -0.05) is 72.6 Å². The molecule has 20 atom stereocenters. The molecule has 8 aromatic rings. The summed E-state index contributed by atoms with van der Waals surface area (Å²) in [4.78, 5) is 57.7. The Labute approximate surface area is 738 Å². The zero-order chi connectivity index (χ0) is 98.5. The van der Waals surface area contributed by atoms with E-state index in [2.05, 4.69) is 52.7 Å². The predicted molar refractivity (Wildman–Crippen MR) is 421 cm³/mol. The van der Waals surface area contributed by atoms with Crippen molar-refractivity contribution in [1.82, 2.24) is 38.2 Å². The first-order chi connectivity index (χ1) is 62.4. The van der Waals surface area contributed by atoms with Crippen molar-refractivity contribution < 1.29 is 176 Å². The fourth-order valence-electron chi connectivity index (χ4n) is 11.9. The van der Waals surface area contributed by atoms with E-state index in [1.54, 1.807) is 0 Å². The molecule has 12 heterocycles. The van der Waals surface area contributed by atoms with Crippen LogP contribution in [0.1, 0.15) is 77.6 Å². The molecule has 8 aliphatic heterocycles. The van der Waals surface area contributed by atoms with Crippen molar-refractivity contribution in [2.24, 2.45) is 0 Å². The number of terminal acetylenes is 4. The molecule has 16 rings (SSSR count). The van der Waals surface area contributed by atoms with Crippen molar-refractivity contribution in [3.05, 3.63) is 226 Å². The molecule has 680 valence electrons. The molecule has 4 fully saturated rings. The van der Waals surface area contributed by atoms with Gasteiger partial charge in [0.15, 0.2) is 24.9 Å². The Bertz CT molecular complexity index is 7020. The molecule has 40 nitrogen and oxygen atoms in total. The van der Waals surface area contributed by atoms with Gasteiger partial charge in [0.25, 0.3) is 23.4 Å². The van der Waals surface area contributed by atoms with E-state index in [1.165, 1.54) is 12.1 Å². The third-order valence-corrected chi connectivity index (χ3v) is 24.7. The summed E-state index contributed by atoms with van der Waals surface area (Å²) >= 11 is 19.5. The second-order valence-electron chi connectivity index (χ2n) is 26.9. The highest BCUT2D eigenvalue weighted by molar-refractivity contribution is 7.72. The highest BCUT2D eigenvalue weighted by atomic mass is 32.1. The average molecular weight is 1960 g/mol. The number of rotatable bonds is 16. The quantitative estimate of drug-likeness (QED) is 0.0207. The van der Waals surface area contributed by atoms with Gasteiger partial charge in [-0.25, -0.2) is 72.6 Å². The molecule has 0 bridgehead atoms. The lowest BCUT2D eigenvalue weighted by molar-refractivity contribution is -0.205.